The van der Waals surface area contributed by atoms with Gasteiger partial charge < -0.3 is 10.1 Å². The zero-order chi connectivity index (χ0) is 10.7. The number of ether oxygens (including phenoxy) is 1. The maximum absolute atomic E-state index is 5.84. The van der Waals surface area contributed by atoms with Crippen molar-refractivity contribution in [1.29, 1.82) is 0 Å². The van der Waals surface area contributed by atoms with Gasteiger partial charge in [-0.05, 0) is 26.3 Å². The Bertz CT molecular complexity index is 318. The van der Waals surface area contributed by atoms with Gasteiger partial charge in [0.15, 0.2) is 0 Å². The molecule has 1 N–H and O–H groups in total. The van der Waals surface area contributed by atoms with Crippen LogP contribution in [0.15, 0.2) is 5.38 Å². The lowest BCUT2D eigenvalue weighted by Crippen LogP contribution is -2.43. The van der Waals surface area contributed by atoms with Crippen molar-refractivity contribution in [2.24, 2.45) is 0 Å². The molecular weight excluding hydrogens is 232 g/mol. The minimum Gasteiger partial charge on any atom is -0.465 e. The first-order chi connectivity index (χ1) is 7.29. The van der Waals surface area contributed by atoms with Crippen LogP contribution in [0.2, 0.25) is 5.15 Å². The molecule has 1 aromatic rings. The number of nitrogens with zero attached hydrogens (tertiary/aromatic N) is 1. The number of likely N-dealkylation sites (N-methyl/N-ethyl adjacent to an activating group) is 1. The van der Waals surface area contributed by atoms with E-state index in [9.17, 15) is 0 Å². The summed E-state index contributed by atoms with van der Waals surface area (Å²) in [4.78, 5) is 4.11. The Morgan fingerprint density at radius 2 is 2.33 bits per heavy atom. The van der Waals surface area contributed by atoms with E-state index >= 15 is 0 Å². The maximum Gasteiger partial charge on any atom is 0.274 e. The smallest absolute Gasteiger partial charge is 0.274 e. The van der Waals surface area contributed by atoms with Crippen LogP contribution in [0.1, 0.15) is 25.7 Å². The first-order valence-corrected chi connectivity index (χ1v) is 6.50. The predicted molar refractivity (Wildman–Crippen MR) is 62.9 cm³/mol. The summed E-state index contributed by atoms with van der Waals surface area (Å²) in [6.45, 7) is 0. The van der Waals surface area contributed by atoms with Crippen molar-refractivity contribution < 1.29 is 4.74 Å². The first kappa shape index (κ1) is 11.2. The van der Waals surface area contributed by atoms with E-state index in [0.717, 1.165) is 6.42 Å². The van der Waals surface area contributed by atoms with Gasteiger partial charge in [0.1, 0.15) is 11.3 Å². The van der Waals surface area contributed by atoms with Crippen LogP contribution in [0.3, 0.4) is 0 Å². The monoisotopic (exact) mass is 246 g/mol. The summed E-state index contributed by atoms with van der Waals surface area (Å²) in [5.74, 6) is 0. The van der Waals surface area contributed by atoms with Crippen LogP contribution in [0, 0.1) is 0 Å². The minimum atomic E-state index is 0.242. The molecule has 1 aliphatic rings. The second kappa shape index (κ2) is 5.14. The van der Waals surface area contributed by atoms with Crippen molar-refractivity contribution in [3.8, 4) is 5.19 Å². The number of halogens is 1. The van der Waals surface area contributed by atoms with Crippen molar-refractivity contribution in [3.63, 3.8) is 0 Å². The van der Waals surface area contributed by atoms with Gasteiger partial charge >= 0.3 is 0 Å². The van der Waals surface area contributed by atoms with Crippen LogP contribution in [0.25, 0.3) is 0 Å². The average molecular weight is 247 g/mol. The van der Waals surface area contributed by atoms with Crippen molar-refractivity contribution in [2.75, 3.05) is 7.05 Å². The third-order valence-electron chi connectivity index (χ3n) is 2.78. The Morgan fingerprint density at radius 1 is 1.53 bits per heavy atom. The molecule has 0 aliphatic heterocycles. The number of rotatable bonds is 3. The standard InChI is InChI=1S/C10H15ClN2OS/c1-12-7-4-2-3-5-8(7)14-10-13-9(11)6-15-10/h6-8,12H,2-5H2,1H3. The van der Waals surface area contributed by atoms with E-state index in [4.69, 9.17) is 16.3 Å². The molecule has 1 aliphatic carbocycles. The predicted octanol–water partition coefficient (Wildman–Crippen LogP) is 2.71. The van der Waals surface area contributed by atoms with Crippen LogP contribution in [0.4, 0.5) is 0 Å². The number of thiazole rings is 1. The first-order valence-electron chi connectivity index (χ1n) is 5.24. The van der Waals surface area contributed by atoms with Gasteiger partial charge in [0, 0.05) is 11.4 Å². The molecule has 0 amide bonds. The Balaban J connectivity index is 1.97. The molecule has 1 aromatic heterocycles. The molecule has 2 unspecified atom stereocenters. The highest BCUT2D eigenvalue weighted by atomic mass is 35.5. The van der Waals surface area contributed by atoms with E-state index in [1.807, 2.05) is 7.05 Å². The van der Waals surface area contributed by atoms with Gasteiger partial charge in [0.05, 0.1) is 0 Å². The molecule has 0 bridgehead atoms. The van der Waals surface area contributed by atoms with Gasteiger partial charge in [-0.3, -0.25) is 0 Å². The number of hydrogen-bond donors (Lipinski definition) is 1. The fourth-order valence-corrected chi connectivity index (χ4v) is 2.83. The minimum absolute atomic E-state index is 0.242. The lowest BCUT2D eigenvalue weighted by molar-refractivity contribution is 0.117. The Kier molecular flexibility index (Phi) is 3.83. The molecule has 3 nitrogen and oxygen atoms in total. The van der Waals surface area contributed by atoms with Crippen molar-refractivity contribution >= 4 is 22.9 Å². The second-order valence-electron chi connectivity index (χ2n) is 3.77. The summed E-state index contributed by atoms with van der Waals surface area (Å²) in [6, 6.07) is 0.446. The van der Waals surface area contributed by atoms with Crippen molar-refractivity contribution in [2.45, 2.75) is 37.8 Å². The van der Waals surface area contributed by atoms with E-state index < -0.39 is 0 Å². The molecule has 2 rings (SSSR count). The highest BCUT2D eigenvalue weighted by molar-refractivity contribution is 7.11. The fourth-order valence-electron chi connectivity index (χ4n) is 1.99. The van der Waals surface area contributed by atoms with E-state index in [-0.39, 0.29) is 6.10 Å². The molecule has 1 heterocycles. The molecule has 0 radical (unpaired) electrons. The van der Waals surface area contributed by atoms with Gasteiger partial charge in [-0.1, -0.05) is 29.4 Å². The molecule has 15 heavy (non-hydrogen) atoms. The summed E-state index contributed by atoms with van der Waals surface area (Å²) in [7, 11) is 1.99. The molecule has 0 spiro atoms. The second-order valence-corrected chi connectivity index (χ2v) is 4.98. The third kappa shape index (κ3) is 2.83. The summed E-state index contributed by atoms with van der Waals surface area (Å²) in [5.41, 5.74) is 0. The van der Waals surface area contributed by atoms with E-state index in [1.54, 1.807) is 5.38 Å². The molecule has 1 fully saturated rings. The summed E-state index contributed by atoms with van der Waals surface area (Å²) in [5, 5.41) is 6.31. The van der Waals surface area contributed by atoms with Gasteiger partial charge in [-0.15, -0.1) is 0 Å². The van der Waals surface area contributed by atoms with Crippen LogP contribution in [-0.2, 0) is 0 Å². The van der Waals surface area contributed by atoms with E-state index in [0.29, 0.717) is 16.4 Å². The zero-order valence-electron chi connectivity index (χ0n) is 8.70. The molecule has 84 valence electrons. The van der Waals surface area contributed by atoms with E-state index in [1.165, 1.54) is 30.6 Å². The third-order valence-corrected chi connectivity index (χ3v) is 3.83. The van der Waals surface area contributed by atoms with Crippen LogP contribution >= 0.6 is 22.9 Å². The zero-order valence-corrected chi connectivity index (χ0v) is 10.3. The van der Waals surface area contributed by atoms with Gasteiger partial charge in [0.2, 0.25) is 0 Å². The average Bonchev–Trinajstić information content (AvgIpc) is 2.65. The summed E-state index contributed by atoms with van der Waals surface area (Å²) >= 11 is 7.21. The quantitative estimate of drug-likeness (QED) is 0.891. The van der Waals surface area contributed by atoms with E-state index in [2.05, 4.69) is 10.3 Å². The Morgan fingerprint density at radius 3 is 3.00 bits per heavy atom. The normalized spacial score (nSPS) is 26.5. The molecule has 2 atom stereocenters. The molecule has 5 heteroatoms. The Hall–Kier alpha value is -0.320. The largest absolute Gasteiger partial charge is 0.465 e. The molecular formula is C10H15ClN2OS. The SMILES string of the molecule is CNC1CCCCC1Oc1nc(Cl)cs1. The van der Waals surface area contributed by atoms with Gasteiger partial charge in [-0.25, -0.2) is 0 Å². The number of nitrogens with one attached hydrogen (secondary N) is 1. The summed E-state index contributed by atoms with van der Waals surface area (Å²) < 4.78 is 5.84. The molecule has 1 saturated carbocycles. The Labute approximate surface area is 98.8 Å². The molecule has 0 saturated heterocycles. The van der Waals surface area contributed by atoms with Crippen LogP contribution < -0.4 is 10.1 Å². The topological polar surface area (TPSA) is 34.1 Å². The molecule has 0 aromatic carbocycles. The van der Waals surface area contributed by atoms with Crippen molar-refractivity contribution in [1.82, 2.24) is 10.3 Å². The fraction of sp³-hybridized carbons (Fsp3) is 0.700. The van der Waals surface area contributed by atoms with Crippen LogP contribution in [-0.4, -0.2) is 24.2 Å². The summed E-state index contributed by atoms with van der Waals surface area (Å²) in [6.07, 6.45) is 5.04. The highest BCUT2D eigenvalue weighted by Gasteiger charge is 2.26. The number of hydrogen-bond acceptors (Lipinski definition) is 4. The van der Waals surface area contributed by atoms with Gasteiger partial charge in [0.25, 0.3) is 5.19 Å². The lowest BCUT2D eigenvalue weighted by atomic mass is 9.93. The highest BCUT2D eigenvalue weighted by Crippen LogP contribution is 2.27. The van der Waals surface area contributed by atoms with Crippen molar-refractivity contribution in [3.05, 3.63) is 10.5 Å². The van der Waals surface area contributed by atoms with Crippen LogP contribution in [0.5, 0.6) is 5.19 Å². The number of aromatic nitrogens is 1. The lowest BCUT2D eigenvalue weighted by Gasteiger charge is -2.30. The maximum atomic E-state index is 5.84. The van der Waals surface area contributed by atoms with Gasteiger partial charge in [-0.2, -0.15) is 4.98 Å².